The molecule has 8 rings (SSSR count). The first-order chi connectivity index (χ1) is 23.4. The average Bonchev–Trinajstić information content (AvgIpc) is 3.50. The summed E-state index contributed by atoms with van der Waals surface area (Å²) >= 11 is 0. The van der Waals surface area contributed by atoms with Gasteiger partial charge in [0, 0.05) is 42.1 Å². The molecule has 3 aliphatic carbocycles. The Kier molecular flexibility index (Phi) is 7.79. The van der Waals surface area contributed by atoms with Crippen LogP contribution in [0.3, 0.4) is 0 Å². The first-order valence-corrected chi connectivity index (χ1v) is 16.7. The second-order valence-electron chi connectivity index (χ2n) is 14.1. The number of amides is 2. The second-order valence-corrected chi connectivity index (χ2v) is 14.1. The molecule has 2 N–H and O–H groups in total. The number of aromatic hydroxyl groups is 1. The summed E-state index contributed by atoms with van der Waals surface area (Å²) in [4.78, 5) is 56.7. The fourth-order valence-electron chi connectivity index (χ4n) is 8.02. The van der Waals surface area contributed by atoms with Crippen molar-refractivity contribution in [2.45, 2.75) is 72.4 Å². The van der Waals surface area contributed by atoms with Gasteiger partial charge in [-0.1, -0.05) is 33.8 Å². The summed E-state index contributed by atoms with van der Waals surface area (Å²) < 4.78 is 7.11. The molecule has 0 saturated heterocycles. The fraction of sp³-hybridized carbons (Fsp3) is 0.486. The van der Waals surface area contributed by atoms with Crippen LogP contribution in [0.5, 0.6) is 11.6 Å². The molecule has 2 amide bonds. The largest absolute Gasteiger partial charge is 0.504 e. The number of nitrogens with one attached hydrogen (secondary N) is 1. The van der Waals surface area contributed by atoms with Crippen molar-refractivity contribution in [1.82, 2.24) is 44.7 Å². The van der Waals surface area contributed by atoms with Gasteiger partial charge in [0.05, 0.1) is 18.5 Å². The number of methoxy groups -OCH3 is 1. The van der Waals surface area contributed by atoms with Crippen molar-refractivity contribution in [2.24, 2.45) is 17.3 Å². The molecule has 256 valence electrons. The molecule has 5 heterocycles. The maximum absolute atomic E-state index is 14.4. The molecule has 2 bridgehead atoms. The van der Waals surface area contributed by atoms with Crippen LogP contribution in [-0.2, 0) is 17.8 Å². The van der Waals surface area contributed by atoms with Gasteiger partial charge < -0.3 is 24.6 Å². The van der Waals surface area contributed by atoms with Gasteiger partial charge in [0.25, 0.3) is 5.91 Å². The molecule has 0 unspecified atom stereocenters. The van der Waals surface area contributed by atoms with E-state index in [0.29, 0.717) is 51.9 Å². The normalized spacial score (nSPS) is 22.8. The molecule has 49 heavy (non-hydrogen) atoms. The molecule has 3 saturated carbocycles. The molecule has 0 radical (unpaired) electrons. The summed E-state index contributed by atoms with van der Waals surface area (Å²) in [5.41, 5.74) is 3.02. The van der Waals surface area contributed by atoms with Crippen molar-refractivity contribution in [3.63, 3.8) is 0 Å². The van der Waals surface area contributed by atoms with Crippen LogP contribution >= 0.6 is 0 Å². The first kappa shape index (κ1) is 32.4. The average molecular weight is 668 g/mol. The van der Waals surface area contributed by atoms with Crippen LogP contribution in [0.25, 0.3) is 22.4 Å². The van der Waals surface area contributed by atoms with E-state index < -0.39 is 5.91 Å². The summed E-state index contributed by atoms with van der Waals surface area (Å²) in [6.45, 7) is 10.5. The van der Waals surface area contributed by atoms with E-state index in [1.807, 2.05) is 24.5 Å². The molecule has 1 aliphatic heterocycles. The minimum atomic E-state index is -0.422. The zero-order valence-corrected chi connectivity index (χ0v) is 28.6. The molecule has 14 heteroatoms. The van der Waals surface area contributed by atoms with Crippen molar-refractivity contribution >= 4 is 28.6 Å². The zero-order valence-electron chi connectivity index (χ0n) is 28.6. The maximum Gasteiger partial charge on any atom is 0.276 e. The van der Waals surface area contributed by atoms with E-state index in [-0.39, 0.29) is 59.4 Å². The van der Waals surface area contributed by atoms with Crippen molar-refractivity contribution < 1.29 is 19.4 Å². The number of aromatic nitrogens is 7. The third-order valence-electron chi connectivity index (χ3n) is 10.7. The highest BCUT2D eigenvalue weighted by atomic mass is 16.5. The predicted molar refractivity (Wildman–Crippen MR) is 180 cm³/mol. The summed E-state index contributed by atoms with van der Waals surface area (Å²) in [6.07, 6.45) is 8.11. The van der Waals surface area contributed by atoms with Crippen molar-refractivity contribution in [1.29, 1.82) is 0 Å². The third-order valence-corrected chi connectivity index (χ3v) is 10.7. The number of pyridine rings is 2. The Balaban J connectivity index is 1.29. The number of nitrogens with zero attached hydrogens (tertiary/aromatic N) is 8. The molecule has 4 aromatic rings. The molecule has 4 aliphatic rings. The van der Waals surface area contributed by atoms with Gasteiger partial charge >= 0.3 is 0 Å². The number of carbonyl (C=O) groups is 2. The van der Waals surface area contributed by atoms with Crippen LogP contribution in [0.1, 0.15) is 74.4 Å². The monoisotopic (exact) mass is 667 g/mol. The highest BCUT2D eigenvalue weighted by molar-refractivity contribution is 5.95. The summed E-state index contributed by atoms with van der Waals surface area (Å²) in [6, 6.07) is 3.38. The molecule has 0 spiro atoms. The van der Waals surface area contributed by atoms with Crippen molar-refractivity contribution in [2.75, 3.05) is 20.2 Å². The van der Waals surface area contributed by atoms with Crippen LogP contribution in [0.4, 0.5) is 0 Å². The molecular weight excluding hydrogens is 626 g/mol. The Hall–Kier alpha value is -5.14. The number of ether oxygens (including phenoxy) is 1. The molecule has 0 aromatic carbocycles. The summed E-state index contributed by atoms with van der Waals surface area (Å²) in [5, 5.41) is 23.2. The molecule has 3 fully saturated rings. The third kappa shape index (κ3) is 5.24. The van der Waals surface area contributed by atoms with Crippen LogP contribution < -0.4 is 15.5 Å². The van der Waals surface area contributed by atoms with Crippen LogP contribution in [0, 0.1) is 24.2 Å². The van der Waals surface area contributed by atoms with E-state index in [1.54, 1.807) is 30.2 Å². The van der Waals surface area contributed by atoms with Crippen molar-refractivity contribution in [3.8, 4) is 17.3 Å². The fourth-order valence-corrected chi connectivity index (χ4v) is 8.02. The second kappa shape index (κ2) is 11.8. The Morgan fingerprint density at radius 1 is 1.16 bits per heavy atom. The van der Waals surface area contributed by atoms with Crippen LogP contribution in [-0.4, -0.2) is 82.1 Å². The molecule has 4 aromatic heterocycles. The molecule has 14 nitrogen and oxygen atoms in total. The van der Waals surface area contributed by atoms with Gasteiger partial charge in [0.15, 0.2) is 22.6 Å². The van der Waals surface area contributed by atoms with Crippen LogP contribution in [0.2, 0.25) is 0 Å². The first-order valence-electron chi connectivity index (χ1n) is 16.7. The lowest BCUT2D eigenvalue weighted by Gasteiger charge is -2.72. The summed E-state index contributed by atoms with van der Waals surface area (Å²) in [5.74, 6) is -0.115. The predicted octanol–water partition coefficient (Wildman–Crippen LogP) is 3.22. The van der Waals surface area contributed by atoms with Gasteiger partial charge in [-0.25, -0.2) is 15.0 Å². The molecule has 1 atom stereocenters. The number of hydrogen-bond donors (Lipinski definition) is 2. The van der Waals surface area contributed by atoms with E-state index >= 15 is 0 Å². The zero-order chi connectivity index (χ0) is 34.8. The Morgan fingerprint density at radius 2 is 1.92 bits per heavy atom. The van der Waals surface area contributed by atoms with Gasteiger partial charge in [-0.2, -0.15) is 0 Å². The maximum atomic E-state index is 14.4. The number of fused-ring (bicyclic) bond motifs is 1. The van der Waals surface area contributed by atoms with Gasteiger partial charge in [-0.3, -0.25) is 14.4 Å². The number of rotatable bonds is 9. The van der Waals surface area contributed by atoms with E-state index in [4.69, 9.17) is 9.84 Å². The van der Waals surface area contributed by atoms with Crippen molar-refractivity contribution in [3.05, 3.63) is 63.6 Å². The Bertz CT molecular complexity index is 2080. The lowest BCUT2D eigenvalue weighted by Crippen LogP contribution is -2.76. The lowest BCUT2D eigenvalue weighted by molar-refractivity contribution is -0.187. The standard InChI is InChI=1S/C35H41N9O5/c1-7-24-27(23-9-11-42(13-20(23)4)33(48)29-30(46)21(5)37-18-38-29)31(47)28-32(41-44(40-28)22-8-10-36-26(12-22)49-6)43(24)14-25(45)39-35-15-34(16-35,17-35)19(2)3/h8-10,12,18-20,46H,7,11,13-17H2,1-6H3,(H,39,45)/t20-,34?,35?/m0/s1. The quantitative estimate of drug-likeness (QED) is 0.270. The van der Waals surface area contributed by atoms with E-state index in [1.165, 1.54) is 18.2 Å². The number of carbonyl (C=O) groups excluding carboxylic acids is 2. The van der Waals surface area contributed by atoms with E-state index in [9.17, 15) is 19.5 Å². The smallest absolute Gasteiger partial charge is 0.276 e. The van der Waals surface area contributed by atoms with E-state index in [2.05, 4.69) is 39.2 Å². The van der Waals surface area contributed by atoms with Gasteiger partial charge in [-0.15, -0.1) is 15.0 Å². The Morgan fingerprint density at radius 3 is 2.59 bits per heavy atom. The highest BCUT2D eigenvalue weighted by Gasteiger charge is 2.69. The van der Waals surface area contributed by atoms with Crippen LogP contribution in [0.15, 0.2) is 35.5 Å². The van der Waals surface area contributed by atoms with Gasteiger partial charge in [-0.05, 0) is 61.5 Å². The lowest BCUT2D eigenvalue weighted by atomic mass is 9.36. The number of aryl methyl sites for hydroxylation is 1. The SMILES string of the molecule is CCc1c(C2=CCN(C(=O)c3ncnc(C)c3O)C[C@@H]2C)c(=O)c2nn(-c3ccnc(OC)c3)nc2n1CC(=O)NC12CC(C(C)C)(C1)C2. The highest BCUT2D eigenvalue weighted by Crippen LogP contribution is 2.70. The number of hydrogen-bond acceptors (Lipinski definition) is 10. The van der Waals surface area contributed by atoms with Gasteiger partial charge in [0.2, 0.25) is 17.2 Å². The Labute approximate surface area is 283 Å². The van der Waals surface area contributed by atoms with Gasteiger partial charge in [0.1, 0.15) is 12.9 Å². The minimum Gasteiger partial charge on any atom is -0.504 e. The van der Waals surface area contributed by atoms with E-state index in [0.717, 1.165) is 24.8 Å². The molecular formula is C35H41N9O5. The minimum absolute atomic E-state index is 0.0274. The topological polar surface area (TPSA) is 170 Å². The summed E-state index contributed by atoms with van der Waals surface area (Å²) in [7, 11) is 1.52.